The van der Waals surface area contributed by atoms with Crippen molar-refractivity contribution in [3.05, 3.63) is 62.0 Å². The number of carbonyl (C=O) groups is 1. The SMILES string of the molecule is Cc1cccc(C(=O)Nc2cc(Br)c(F)cc2F)c1Br. The zero-order valence-electron chi connectivity index (χ0n) is 10.3. The van der Waals surface area contributed by atoms with Crippen LogP contribution in [0.3, 0.4) is 0 Å². The van der Waals surface area contributed by atoms with Gasteiger partial charge < -0.3 is 5.32 Å². The van der Waals surface area contributed by atoms with Gasteiger partial charge in [-0.1, -0.05) is 12.1 Å². The van der Waals surface area contributed by atoms with Crippen LogP contribution >= 0.6 is 31.9 Å². The average Bonchev–Trinajstić information content (AvgIpc) is 2.39. The van der Waals surface area contributed by atoms with E-state index in [1.807, 2.05) is 13.0 Å². The highest BCUT2D eigenvalue weighted by Crippen LogP contribution is 2.26. The Morgan fingerprint density at radius 2 is 1.85 bits per heavy atom. The number of aryl methyl sites for hydroxylation is 1. The first-order valence-electron chi connectivity index (χ1n) is 5.61. The van der Waals surface area contributed by atoms with E-state index < -0.39 is 17.5 Å². The molecule has 0 radical (unpaired) electrons. The molecule has 2 nitrogen and oxygen atoms in total. The molecule has 0 spiro atoms. The molecule has 2 rings (SSSR count). The van der Waals surface area contributed by atoms with E-state index >= 15 is 0 Å². The van der Waals surface area contributed by atoms with Crippen molar-refractivity contribution >= 4 is 43.5 Å². The number of rotatable bonds is 2. The summed E-state index contributed by atoms with van der Waals surface area (Å²) in [5, 5.41) is 2.42. The summed E-state index contributed by atoms with van der Waals surface area (Å²) >= 11 is 6.27. The first kappa shape index (κ1) is 15.1. The monoisotopic (exact) mass is 403 g/mol. The van der Waals surface area contributed by atoms with Gasteiger partial charge in [0.05, 0.1) is 15.7 Å². The Morgan fingerprint density at radius 3 is 2.55 bits per heavy atom. The third kappa shape index (κ3) is 3.07. The highest BCUT2D eigenvalue weighted by Gasteiger charge is 2.15. The van der Waals surface area contributed by atoms with Crippen LogP contribution in [0.2, 0.25) is 0 Å². The van der Waals surface area contributed by atoms with E-state index in [2.05, 4.69) is 37.2 Å². The van der Waals surface area contributed by atoms with Gasteiger partial charge >= 0.3 is 0 Å². The lowest BCUT2D eigenvalue weighted by Gasteiger charge is -2.10. The summed E-state index contributed by atoms with van der Waals surface area (Å²) in [6.07, 6.45) is 0. The Kier molecular flexibility index (Phi) is 4.55. The van der Waals surface area contributed by atoms with Crippen LogP contribution in [0.25, 0.3) is 0 Å². The lowest BCUT2D eigenvalue weighted by molar-refractivity contribution is 0.102. The van der Waals surface area contributed by atoms with Crippen molar-refractivity contribution in [2.24, 2.45) is 0 Å². The van der Waals surface area contributed by atoms with Crippen molar-refractivity contribution in [2.45, 2.75) is 6.92 Å². The van der Waals surface area contributed by atoms with Gasteiger partial charge in [0.25, 0.3) is 5.91 Å². The Hall–Kier alpha value is -1.27. The van der Waals surface area contributed by atoms with Gasteiger partial charge in [-0.3, -0.25) is 4.79 Å². The standard InChI is InChI=1S/C14H9Br2F2NO/c1-7-3-2-4-8(13(7)16)14(20)19-12-5-9(15)10(17)6-11(12)18/h2-6H,1H3,(H,19,20). The van der Waals surface area contributed by atoms with Crippen LogP contribution in [-0.2, 0) is 0 Å². The summed E-state index contributed by atoms with van der Waals surface area (Å²) in [4.78, 5) is 12.1. The molecule has 104 valence electrons. The lowest BCUT2D eigenvalue weighted by Crippen LogP contribution is -2.14. The average molecular weight is 405 g/mol. The predicted octanol–water partition coefficient (Wildman–Crippen LogP) is 5.05. The minimum atomic E-state index is -0.831. The number of carbonyl (C=O) groups excluding carboxylic acids is 1. The molecule has 0 atom stereocenters. The smallest absolute Gasteiger partial charge is 0.256 e. The molecule has 1 N–H and O–H groups in total. The van der Waals surface area contributed by atoms with Crippen molar-refractivity contribution in [2.75, 3.05) is 5.32 Å². The molecule has 0 saturated carbocycles. The molecule has 6 heteroatoms. The molecule has 0 fully saturated rings. The van der Waals surface area contributed by atoms with Gasteiger partial charge in [-0.25, -0.2) is 8.78 Å². The summed E-state index contributed by atoms with van der Waals surface area (Å²) in [7, 11) is 0. The summed E-state index contributed by atoms with van der Waals surface area (Å²) in [6.45, 7) is 1.84. The van der Waals surface area contributed by atoms with E-state index in [-0.39, 0.29) is 10.2 Å². The molecule has 2 aromatic carbocycles. The molecule has 0 unspecified atom stereocenters. The molecule has 20 heavy (non-hydrogen) atoms. The second kappa shape index (κ2) is 6.01. The Morgan fingerprint density at radius 1 is 1.15 bits per heavy atom. The molecule has 1 amide bonds. The second-order valence-electron chi connectivity index (χ2n) is 4.14. The van der Waals surface area contributed by atoms with Gasteiger partial charge in [0.1, 0.15) is 11.6 Å². The maximum atomic E-state index is 13.6. The highest BCUT2D eigenvalue weighted by atomic mass is 79.9. The first-order valence-corrected chi connectivity index (χ1v) is 7.19. The van der Waals surface area contributed by atoms with Gasteiger partial charge in [0, 0.05) is 10.5 Å². The van der Waals surface area contributed by atoms with Gasteiger partial charge in [0.2, 0.25) is 0 Å². The zero-order valence-corrected chi connectivity index (χ0v) is 13.5. The third-order valence-corrected chi connectivity index (χ3v) is 4.35. The number of hydrogen-bond acceptors (Lipinski definition) is 1. The fourth-order valence-corrected chi connectivity index (χ4v) is 2.42. The Bertz CT molecular complexity index is 689. The van der Waals surface area contributed by atoms with Crippen LogP contribution in [0.5, 0.6) is 0 Å². The largest absolute Gasteiger partial charge is 0.319 e. The number of halogens is 4. The van der Waals surface area contributed by atoms with E-state index in [4.69, 9.17) is 0 Å². The second-order valence-corrected chi connectivity index (χ2v) is 5.78. The zero-order chi connectivity index (χ0) is 14.9. The molecular weight excluding hydrogens is 396 g/mol. The van der Waals surface area contributed by atoms with Gasteiger partial charge in [-0.2, -0.15) is 0 Å². The molecule has 0 bridgehead atoms. The predicted molar refractivity (Wildman–Crippen MR) is 80.9 cm³/mol. The van der Waals surface area contributed by atoms with Crippen LogP contribution in [0.1, 0.15) is 15.9 Å². The maximum Gasteiger partial charge on any atom is 0.256 e. The van der Waals surface area contributed by atoms with E-state index in [0.717, 1.165) is 5.56 Å². The number of amides is 1. The first-order chi connectivity index (χ1) is 9.40. The number of nitrogens with one attached hydrogen (secondary N) is 1. The van der Waals surface area contributed by atoms with Crippen LogP contribution in [0.4, 0.5) is 14.5 Å². The van der Waals surface area contributed by atoms with Crippen molar-refractivity contribution in [1.82, 2.24) is 0 Å². The molecular formula is C14H9Br2F2NO. The minimum Gasteiger partial charge on any atom is -0.319 e. The van der Waals surface area contributed by atoms with Gasteiger partial charge in [0.15, 0.2) is 0 Å². The van der Waals surface area contributed by atoms with Crippen molar-refractivity contribution in [3.63, 3.8) is 0 Å². The van der Waals surface area contributed by atoms with Gasteiger partial charge in [-0.05, 0) is 56.5 Å². The highest BCUT2D eigenvalue weighted by molar-refractivity contribution is 9.10. The fraction of sp³-hybridized carbons (Fsp3) is 0.0714. The Labute approximate surface area is 131 Å². The van der Waals surface area contributed by atoms with Crippen LogP contribution in [-0.4, -0.2) is 5.91 Å². The lowest BCUT2D eigenvalue weighted by atomic mass is 10.1. The molecule has 2 aromatic rings. The number of hydrogen-bond donors (Lipinski definition) is 1. The molecule has 0 aliphatic carbocycles. The normalized spacial score (nSPS) is 10.4. The summed E-state index contributed by atoms with van der Waals surface area (Å²) in [5.41, 5.74) is 1.18. The third-order valence-electron chi connectivity index (χ3n) is 2.69. The molecule has 0 heterocycles. The van der Waals surface area contributed by atoms with Crippen molar-refractivity contribution < 1.29 is 13.6 Å². The molecule has 0 aromatic heterocycles. The summed E-state index contributed by atoms with van der Waals surface area (Å²) < 4.78 is 27.4. The summed E-state index contributed by atoms with van der Waals surface area (Å²) in [5.74, 6) is -2.03. The minimum absolute atomic E-state index is 0.0810. The Balaban J connectivity index is 2.33. The van der Waals surface area contributed by atoms with Crippen LogP contribution in [0.15, 0.2) is 39.3 Å². The van der Waals surface area contributed by atoms with Gasteiger partial charge in [-0.15, -0.1) is 0 Å². The van der Waals surface area contributed by atoms with E-state index in [1.165, 1.54) is 6.07 Å². The van der Waals surface area contributed by atoms with Crippen LogP contribution < -0.4 is 5.32 Å². The molecule has 0 aliphatic heterocycles. The fourth-order valence-electron chi connectivity index (χ4n) is 1.63. The van der Waals surface area contributed by atoms with E-state index in [0.29, 0.717) is 16.1 Å². The quantitative estimate of drug-likeness (QED) is 0.697. The van der Waals surface area contributed by atoms with Crippen molar-refractivity contribution in [3.8, 4) is 0 Å². The topological polar surface area (TPSA) is 29.1 Å². The summed E-state index contributed by atoms with van der Waals surface area (Å²) in [6, 6.07) is 7.09. The van der Waals surface area contributed by atoms with Crippen molar-refractivity contribution in [1.29, 1.82) is 0 Å². The number of anilines is 1. The maximum absolute atomic E-state index is 13.6. The number of benzene rings is 2. The molecule has 0 aliphatic rings. The molecule has 0 saturated heterocycles. The van der Waals surface area contributed by atoms with Crippen LogP contribution in [0, 0.1) is 18.6 Å². The van der Waals surface area contributed by atoms with E-state index in [9.17, 15) is 13.6 Å². The van der Waals surface area contributed by atoms with E-state index in [1.54, 1.807) is 12.1 Å².